The Morgan fingerprint density at radius 2 is 2.39 bits per heavy atom. The van der Waals surface area contributed by atoms with Gasteiger partial charge in [0.2, 0.25) is 0 Å². The van der Waals surface area contributed by atoms with Crippen LogP contribution in [0.4, 0.5) is 0 Å². The molecule has 0 spiro atoms. The maximum atomic E-state index is 12.0. The van der Waals surface area contributed by atoms with Gasteiger partial charge >= 0.3 is 0 Å². The lowest BCUT2D eigenvalue weighted by molar-refractivity contribution is -0.128. The molecular weight excluding hydrogens is 232 g/mol. The first-order valence-corrected chi connectivity index (χ1v) is 5.98. The quantitative estimate of drug-likeness (QED) is 0.776. The van der Waals surface area contributed by atoms with Crippen LogP contribution < -0.4 is 15.8 Å². The number of hydrogen-bond donors (Lipinski definition) is 2. The van der Waals surface area contributed by atoms with E-state index in [4.69, 9.17) is 15.2 Å². The zero-order valence-electron chi connectivity index (χ0n) is 10.4. The number of nitrogens with one attached hydrogen (secondary N) is 1. The van der Waals surface area contributed by atoms with Gasteiger partial charge in [-0.25, -0.2) is 0 Å². The summed E-state index contributed by atoms with van der Waals surface area (Å²) in [5, 5.41) is 2.83. The third kappa shape index (κ3) is 2.80. The van der Waals surface area contributed by atoms with Crippen molar-refractivity contribution >= 4 is 5.91 Å². The molecule has 0 aromatic heterocycles. The van der Waals surface area contributed by atoms with Gasteiger partial charge in [-0.3, -0.25) is 4.79 Å². The molecule has 2 unspecified atom stereocenters. The van der Waals surface area contributed by atoms with Gasteiger partial charge in [0.1, 0.15) is 5.75 Å². The van der Waals surface area contributed by atoms with Crippen LogP contribution in [0.25, 0.3) is 0 Å². The zero-order valence-corrected chi connectivity index (χ0v) is 10.4. The van der Waals surface area contributed by atoms with E-state index in [9.17, 15) is 4.79 Å². The molecule has 0 bridgehead atoms. The third-order valence-corrected chi connectivity index (χ3v) is 2.94. The van der Waals surface area contributed by atoms with Crippen LogP contribution >= 0.6 is 0 Å². The number of amides is 1. The van der Waals surface area contributed by atoms with Crippen LogP contribution in [0.3, 0.4) is 0 Å². The number of nitrogens with two attached hydrogens (primary N) is 1. The molecule has 1 aromatic carbocycles. The molecule has 3 N–H and O–H groups in total. The Morgan fingerprint density at radius 3 is 3.06 bits per heavy atom. The van der Waals surface area contributed by atoms with Crippen LogP contribution in [0, 0.1) is 0 Å². The molecule has 5 nitrogen and oxygen atoms in total. The van der Waals surface area contributed by atoms with Gasteiger partial charge in [0.15, 0.2) is 6.10 Å². The van der Waals surface area contributed by atoms with Crippen LogP contribution in [0.5, 0.6) is 5.75 Å². The van der Waals surface area contributed by atoms with Gasteiger partial charge < -0.3 is 20.5 Å². The Balaban J connectivity index is 1.92. The molecule has 5 heteroatoms. The highest BCUT2D eigenvalue weighted by Crippen LogP contribution is 2.28. The van der Waals surface area contributed by atoms with Gasteiger partial charge in [0, 0.05) is 20.1 Å². The molecule has 1 aliphatic rings. The van der Waals surface area contributed by atoms with Gasteiger partial charge in [0.05, 0.1) is 12.6 Å². The monoisotopic (exact) mass is 250 g/mol. The molecule has 1 aliphatic heterocycles. The minimum atomic E-state index is -0.465. The van der Waals surface area contributed by atoms with Crippen molar-refractivity contribution in [2.24, 2.45) is 5.73 Å². The van der Waals surface area contributed by atoms with Crippen LogP contribution in [0.15, 0.2) is 24.3 Å². The van der Waals surface area contributed by atoms with Gasteiger partial charge in [-0.15, -0.1) is 0 Å². The van der Waals surface area contributed by atoms with Crippen molar-refractivity contribution in [2.45, 2.75) is 18.6 Å². The van der Waals surface area contributed by atoms with E-state index >= 15 is 0 Å². The molecule has 0 saturated heterocycles. The van der Waals surface area contributed by atoms with Crippen molar-refractivity contribution in [2.75, 3.05) is 20.3 Å². The van der Waals surface area contributed by atoms with Gasteiger partial charge in [-0.1, -0.05) is 18.2 Å². The van der Waals surface area contributed by atoms with E-state index in [-0.39, 0.29) is 11.9 Å². The van der Waals surface area contributed by atoms with E-state index in [1.165, 1.54) is 0 Å². The molecule has 0 aliphatic carbocycles. The van der Waals surface area contributed by atoms with Crippen LogP contribution in [-0.2, 0) is 16.0 Å². The van der Waals surface area contributed by atoms with Crippen LogP contribution in [0.2, 0.25) is 0 Å². The molecular formula is C13H18N2O3. The van der Waals surface area contributed by atoms with E-state index in [0.29, 0.717) is 19.6 Å². The van der Waals surface area contributed by atoms with Gasteiger partial charge in [-0.05, 0) is 11.6 Å². The highest BCUT2D eigenvalue weighted by atomic mass is 16.5. The smallest absolute Gasteiger partial charge is 0.261 e. The summed E-state index contributed by atoms with van der Waals surface area (Å²) in [7, 11) is 1.58. The van der Waals surface area contributed by atoms with Crippen molar-refractivity contribution in [3.63, 3.8) is 0 Å². The zero-order chi connectivity index (χ0) is 13.0. The minimum Gasteiger partial charge on any atom is -0.480 e. The Bertz CT molecular complexity index is 397. The van der Waals surface area contributed by atoms with Crippen molar-refractivity contribution in [3.05, 3.63) is 29.8 Å². The summed E-state index contributed by atoms with van der Waals surface area (Å²) in [4.78, 5) is 12.0. The summed E-state index contributed by atoms with van der Waals surface area (Å²) in [5.74, 6) is 0.646. The lowest BCUT2D eigenvalue weighted by atomic mass is 10.1. The second kappa shape index (κ2) is 5.84. The average Bonchev–Trinajstić information content (AvgIpc) is 2.82. The summed E-state index contributed by atoms with van der Waals surface area (Å²) >= 11 is 0. The summed E-state index contributed by atoms with van der Waals surface area (Å²) in [6, 6.07) is 7.51. The minimum absolute atomic E-state index is 0.140. The molecule has 2 atom stereocenters. The second-order valence-electron chi connectivity index (χ2n) is 4.31. The molecule has 1 heterocycles. The summed E-state index contributed by atoms with van der Waals surface area (Å²) in [5.41, 5.74) is 6.62. The van der Waals surface area contributed by atoms with E-state index in [2.05, 4.69) is 5.32 Å². The maximum Gasteiger partial charge on any atom is 0.261 e. The topological polar surface area (TPSA) is 73.6 Å². The number of methoxy groups -OCH3 is 1. The largest absolute Gasteiger partial charge is 0.480 e. The number of carbonyl (C=O) groups is 1. The molecule has 0 fully saturated rings. The highest BCUT2D eigenvalue weighted by Gasteiger charge is 2.29. The number of carbonyl (C=O) groups excluding carboxylic acids is 1. The summed E-state index contributed by atoms with van der Waals surface area (Å²) in [6.07, 6.45) is 0.139. The first-order valence-electron chi connectivity index (χ1n) is 5.98. The Kier molecular flexibility index (Phi) is 4.17. The van der Waals surface area contributed by atoms with Crippen molar-refractivity contribution in [1.29, 1.82) is 0 Å². The fourth-order valence-electron chi connectivity index (χ4n) is 1.99. The Morgan fingerprint density at radius 1 is 1.61 bits per heavy atom. The fraction of sp³-hybridized carbons (Fsp3) is 0.462. The first-order chi connectivity index (χ1) is 8.74. The first kappa shape index (κ1) is 12.9. The number of para-hydroxylation sites is 1. The molecule has 2 rings (SSSR count). The number of ether oxygens (including phenoxy) is 2. The molecule has 0 radical (unpaired) electrons. The van der Waals surface area contributed by atoms with E-state index in [1.54, 1.807) is 7.11 Å². The van der Waals surface area contributed by atoms with E-state index < -0.39 is 6.10 Å². The maximum absolute atomic E-state index is 12.0. The lowest BCUT2D eigenvalue weighted by Crippen LogP contribution is -2.48. The average molecular weight is 250 g/mol. The van der Waals surface area contributed by atoms with Crippen molar-refractivity contribution in [3.8, 4) is 5.75 Å². The Hall–Kier alpha value is -1.59. The standard InChI is InChI=1S/C13H18N2O3/c1-17-8-10(7-14)15-13(16)12-6-9-4-2-3-5-11(9)18-12/h2-5,10,12H,6-8,14H2,1H3,(H,15,16). The number of fused-ring (bicyclic) bond motifs is 1. The predicted molar refractivity (Wildman–Crippen MR) is 67.4 cm³/mol. The summed E-state index contributed by atoms with van der Waals surface area (Å²) in [6.45, 7) is 0.751. The predicted octanol–water partition coefficient (Wildman–Crippen LogP) is 0.0800. The van der Waals surface area contributed by atoms with Crippen LogP contribution in [-0.4, -0.2) is 38.3 Å². The van der Waals surface area contributed by atoms with Crippen LogP contribution in [0.1, 0.15) is 5.56 Å². The molecule has 18 heavy (non-hydrogen) atoms. The van der Waals surface area contributed by atoms with Gasteiger partial charge in [-0.2, -0.15) is 0 Å². The lowest BCUT2D eigenvalue weighted by Gasteiger charge is -2.18. The van der Waals surface area contributed by atoms with Gasteiger partial charge in [0.25, 0.3) is 5.91 Å². The second-order valence-corrected chi connectivity index (χ2v) is 4.31. The SMILES string of the molecule is COCC(CN)NC(=O)C1Cc2ccccc2O1. The summed E-state index contributed by atoms with van der Waals surface area (Å²) < 4.78 is 10.6. The number of benzene rings is 1. The Labute approximate surface area is 106 Å². The normalized spacial score (nSPS) is 18.9. The third-order valence-electron chi connectivity index (χ3n) is 2.94. The molecule has 98 valence electrons. The van der Waals surface area contributed by atoms with E-state index in [1.807, 2.05) is 24.3 Å². The number of rotatable bonds is 5. The number of hydrogen-bond acceptors (Lipinski definition) is 4. The molecule has 1 amide bonds. The van der Waals surface area contributed by atoms with E-state index in [0.717, 1.165) is 11.3 Å². The van der Waals surface area contributed by atoms with Crippen molar-refractivity contribution in [1.82, 2.24) is 5.32 Å². The highest BCUT2D eigenvalue weighted by molar-refractivity contribution is 5.82. The molecule has 0 saturated carbocycles. The van der Waals surface area contributed by atoms with Crippen molar-refractivity contribution < 1.29 is 14.3 Å². The fourth-order valence-corrected chi connectivity index (χ4v) is 1.99. The molecule has 1 aromatic rings.